The van der Waals surface area contributed by atoms with Crippen molar-refractivity contribution in [1.29, 1.82) is 0 Å². The van der Waals surface area contributed by atoms with Crippen molar-refractivity contribution in [3.05, 3.63) is 11.8 Å². The molecule has 0 aromatic rings. The highest BCUT2D eigenvalue weighted by Gasteiger charge is 2.29. The molecule has 0 aromatic heterocycles. The molecule has 3 nitrogen and oxygen atoms in total. The SMILES string of the molecule is CC(C)C1=CC(C)(C)OC(=O)O1. The second-order valence-corrected chi connectivity index (χ2v) is 3.76. The molecule has 1 rings (SSSR count). The number of carbonyl (C=O) groups excluding carboxylic acids is 1. The fraction of sp³-hybridized carbons (Fsp3) is 0.667. The Balaban J connectivity index is 2.88. The van der Waals surface area contributed by atoms with Crippen LogP contribution in [0, 0.1) is 5.92 Å². The van der Waals surface area contributed by atoms with Gasteiger partial charge in [0, 0.05) is 5.92 Å². The molecule has 0 saturated heterocycles. The summed E-state index contributed by atoms with van der Waals surface area (Å²) in [6, 6.07) is 0. The Morgan fingerprint density at radius 2 is 2.00 bits per heavy atom. The van der Waals surface area contributed by atoms with E-state index in [0.29, 0.717) is 5.76 Å². The molecule has 0 atom stereocenters. The van der Waals surface area contributed by atoms with E-state index in [2.05, 4.69) is 0 Å². The number of hydrogen-bond acceptors (Lipinski definition) is 3. The van der Waals surface area contributed by atoms with Crippen molar-refractivity contribution < 1.29 is 14.3 Å². The molecular weight excluding hydrogens is 156 g/mol. The first-order chi connectivity index (χ1) is 5.41. The summed E-state index contributed by atoms with van der Waals surface area (Å²) in [7, 11) is 0. The minimum absolute atomic E-state index is 0.220. The van der Waals surface area contributed by atoms with Gasteiger partial charge in [-0.3, -0.25) is 0 Å². The molecule has 0 fully saturated rings. The highest BCUT2D eigenvalue weighted by atomic mass is 16.7. The van der Waals surface area contributed by atoms with Crippen molar-refractivity contribution in [2.45, 2.75) is 33.3 Å². The number of hydrogen-bond donors (Lipinski definition) is 0. The molecule has 0 saturated carbocycles. The third-order valence-electron chi connectivity index (χ3n) is 1.61. The van der Waals surface area contributed by atoms with Crippen LogP contribution in [0.5, 0.6) is 0 Å². The fourth-order valence-corrected chi connectivity index (χ4v) is 1.02. The Labute approximate surface area is 72.4 Å². The van der Waals surface area contributed by atoms with Gasteiger partial charge in [0.05, 0.1) is 0 Å². The van der Waals surface area contributed by atoms with Gasteiger partial charge in [-0.1, -0.05) is 13.8 Å². The van der Waals surface area contributed by atoms with Crippen LogP contribution in [0.1, 0.15) is 27.7 Å². The van der Waals surface area contributed by atoms with Gasteiger partial charge in [-0.15, -0.1) is 0 Å². The van der Waals surface area contributed by atoms with E-state index < -0.39 is 11.8 Å². The summed E-state index contributed by atoms with van der Waals surface area (Å²) in [5, 5.41) is 0. The predicted molar refractivity (Wildman–Crippen MR) is 44.6 cm³/mol. The third-order valence-corrected chi connectivity index (χ3v) is 1.61. The Hall–Kier alpha value is -0.990. The largest absolute Gasteiger partial charge is 0.514 e. The molecule has 0 radical (unpaired) electrons. The molecule has 1 aliphatic heterocycles. The predicted octanol–water partition coefficient (Wildman–Crippen LogP) is 2.47. The lowest BCUT2D eigenvalue weighted by atomic mass is 10.0. The van der Waals surface area contributed by atoms with E-state index in [4.69, 9.17) is 9.47 Å². The first kappa shape index (κ1) is 9.10. The van der Waals surface area contributed by atoms with E-state index in [1.165, 1.54) is 0 Å². The molecular formula is C9H14O3. The van der Waals surface area contributed by atoms with Crippen LogP contribution < -0.4 is 0 Å². The summed E-state index contributed by atoms with van der Waals surface area (Å²) in [6.45, 7) is 7.60. The lowest BCUT2D eigenvalue weighted by molar-refractivity contribution is -0.00273. The van der Waals surface area contributed by atoms with Gasteiger partial charge in [-0.25, -0.2) is 4.79 Å². The van der Waals surface area contributed by atoms with Gasteiger partial charge in [0.25, 0.3) is 0 Å². The maximum absolute atomic E-state index is 10.9. The van der Waals surface area contributed by atoms with Crippen LogP contribution in [0.4, 0.5) is 4.79 Å². The minimum Gasteiger partial charge on any atom is -0.424 e. The number of carbonyl (C=O) groups is 1. The Morgan fingerprint density at radius 3 is 2.42 bits per heavy atom. The second-order valence-electron chi connectivity index (χ2n) is 3.76. The highest BCUT2D eigenvalue weighted by molar-refractivity contribution is 5.63. The fourth-order valence-electron chi connectivity index (χ4n) is 1.02. The van der Waals surface area contributed by atoms with Crippen molar-refractivity contribution in [3.8, 4) is 0 Å². The van der Waals surface area contributed by atoms with Crippen molar-refractivity contribution >= 4 is 6.16 Å². The average Bonchev–Trinajstić information content (AvgIpc) is 1.82. The van der Waals surface area contributed by atoms with Crippen molar-refractivity contribution in [2.75, 3.05) is 0 Å². The van der Waals surface area contributed by atoms with Gasteiger partial charge in [0.1, 0.15) is 11.4 Å². The maximum atomic E-state index is 10.9. The monoisotopic (exact) mass is 170 g/mol. The number of rotatable bonds is 1. The topological polar surface area (TPSA) is 35.5 Å². The van der Waals surface area contributed by atoms with Crippen molar-refractivity contribution in [3.63, 3.8) is 0 Å². The van der Waals surface area contributed by atoms with Crippen LogP contribution in [-0.4, -0.2) is 11.8 Å². The number of cyclic esters (lactones) is 2. The molecule has 1 heterocycles. The van der Waals surface area contributed by atoms with Gasteiger partial charge in [0.15, 0.2) is 0 Å². The third kappa shape index (κ3) is 2.00. The van der Waals surface area contributed by atoms with E-state index in [-0.39, 0.29) is 5.92 Å². The average molecular weight is 170 g/mol. The Bertz CT molecular complexity index is 226. The standard InChI is InChI=1S/C9H14O3/c1-6(2)7-5-9(3,4)12-8(10)11-7/h5-6H,1-4H3. The van der Waals surface area contributed by atoms with Crippen molar-refractivity contribution in [1.82, 2.24) is 0 Å². The van der Waals surface area contributed by atoms with Crippen molar-refractivity contribution in [2.24, 2.45) is 5.92 Å². The molecule has 0 amide bonds. The van der Waals surface area contributed by atoms with Crippen LogP contribution in [-0.2, 0) is 9.47 Å². The summed E-state index contributed by atoms with van der Waals surface area (Å²) in [5.74, 6) is 0.911. The van der Waals surface area contributed by atoms with E-state index in [1.54, 1.807) is 0 Å². The molecule has 0 bridgehead atoms. The van der Waals surface area contributed by atoms with Crippen LogP contribution in [0.3, 0.4) is 0 Å². The smallest absolute Gasteiger partial charge is 0.424 e. The van der Waals surface area contributed by atoms with Crippen LogP contribution in [0.2, 0.25) is 0 Å². The van der Waals surface area contributed by atoms with Gasteiger partial charge < -0.3 is 9.47 Å². The summed E-state index contributed by atoms with van der Waals surface area (Å²) in [4.78, 5) is 10.9. The lowest BCUT2D eigenvalue weighted by Crippen LogP contribution is -2.32. The summed E-state index contributed by atoms with van der Waals surface area (Å²) < 4.78 is 9.80. The molecule has 1 aliphatic rings. The molecule has 0 aliphatic carbocycles. The zero-order valence-electron chi connectivity index (χ0n) is 7.88. The van der Waals surface area contributed by atoms with Gasteiger partial charge >= 0.3 is 6.16 Å². The highest BCUT2D eigenvalue weighted by Crippen LogP contribution is 2.25. The zero-order chi connectivity index (χ0) is 9.35. The number of ether oxygens (including phenoxy) is 2. The number of allylic oxidation sites excluding steroid dienone is 1. The summed E-state index contributed by atoms with van der Waals surface area (Å²) >= 11 is 0. The first-order valence-electron chi connectivity index (χ1n) is 4.04. The quantitative estimate of drug-likeness (QED) is 0.567. The second kappa shape index (κ2) is 2.81. The first-order valence-corrected chi connectivity index (χ1v) is 4.04. The van der Waals surface area contributed by atoms with Crippen LogP contribution >= 0.6 is 0 Å². The van der Waals surface area contributed by atoms with Crippen LogP contribution in [0.15, 0.2) is 11.8 Å². The Morgan fingerprint density at radius 1 is 1.42 bits per heavy atom. The van der Waals surface area contributed by atoms with Gasteiger partial charge in [0.2, 0.25) is 0 Å². The maximum Gasteiger partial charge on any atom is 0.514 e. The van der Waals surface area contributed by atoms with E-state index in [9.17, 15) is 4.79 Å². The zero-order valence-corrected chi connectivity index (χ0v) is 7.88. The van der Waals surface area contributed by atoms with Crippen LogP contribution in [0.25, 0.3) is 0 Å². The van der Waals surface area contributed by atoms with E-state index >= 15 is 0 Å². The van der Waals surface area contributed by atoms with E-state index in [0.717, 1.165) is 0 Å². The summed E-state index contributed by atoms with van der Waals surface area (Å²) in [6.07, 6.45) is 1.23. The minimum atomic E-state index is -0.605. The summed E-state index contributed by atoms with van der Waals surface area (Å²) in [5.41, 5.74) is -0.533. The normalized spacial score (nSPS) is 21.4. The molecule has 3 heteroatoms. The molecule has 0 aromatic carbocycles. The molecule has 0 spiro atoms. The Kier molecular flexibility index (Phi) is 2.13. The molecule has 12 heavy (non-hydrogen) atoms. The van der Waals surface area contributed by atoms with Gasteiger partial charge in [-0.05, 0) is 19.9 Å². The molecule has 0 N–H and O–H groups in total. The lowest BCUT2D eigenvalue weighted by Gasteiger charge is -2.28. The molecule has 0 unspecified atom stereocenters. The molecule has 68 valence electrons. The van der Waals surface area contributed by atoms with Gasteiger partial charge in [-0.2, -0.15) is 0 Å². The van der Waals surface area contributed by atoms with E-state index in [1.807, 2.05) is 33.8 Å².